The van der Waals surface area contributed by atoms with E-state index in [-0.39, 0.29) is 6.61 Å². The van der Waals surface area contributed by atoms with E-state index in [0.29, 0.717) is 6.04 Å². The Hall–Kier alpha value is -1.53. The van der Waals surface area contributed by atoms with Crippen LogP contribution in [0.3, 0.4) is 0 Å². The third kappa shape index (κ3) is 2.74. The van der Waals surface area contributed by atoms with E-state index in [1.165, 1.54) is 25.7 Å². The molecule has 2 bridgehead atoms. The van der Waals surface area contributed by atoms with Gasteiger partial charge in [-0.15, -0.1) is 0 Å². The van der Waals surface area contributed by atoms with Gasteiger partial charge >= 0.3 is 0 Å². The zero-order chi connectivity index (χ0) is 13.1. The molecule has 0 aliphatic heterocycles. The van der Waals surface area contributed by atoms with Gasteiger partial charge in [-0.25, -0.2) is 0 Å². The Bertz CT molecular complexity index is 480. The van der Waals surface area contributed by atoms with Crippen molar-refractivity contribution in [3.63, 3.8) is 0 Å². The number of nitriles is 1. The highest BCUT2D eigenvalue weighted by atomic mass is 16.5. The molecular weight excluding hydrogens is 236 g/mol. The molecule has 3 rings (SSSR count). The van der Waals surface area contributed by atoms with Crippen molar-refractivity contribution < 1.29 is 4.74 Å². The van der Waals surface area contributed by atoms with Gasteiger partial charge in [0, 0.05) is 18.2 Å². The lowest BCUT2D eigenvalue weighted by molar-refractivity contribution is 0.339. The van der Waals surface area contributed by atoms with Crippen molar-refractivity contribution in [2.24, 2.45) is 11.8 Å². The zero-order valence-corrected chi connectivity index (χ0v) is 11.1. The average molecular weight is 256 g/mol. The maximum atomic E-state index is 8.60. The number of rotatable bonds is 5. The van der Waals surface area contributed by atoms with Crippen LogP contribution in [0.25, 0.3) is 0 Å². The number of benzene rings is 1. The summed E-state index contributed by atoms with van der Waals surface area (Å²) in [6.45, 7) is 0.959. The molecule has 1 N–H and O–H groups in total. The molecule has 2 aliphatic rings. The van der Waals surface area contributed by atoms with E-state index in [1.54, 1.807) is 0 Å². The van der Waals surface area contributed by atoms with Crippen LogP contribution in [0.15, 0.2) is 24.3 Å². The molecule has 3 atom stereocenters. The van der Waals surface area contributed by atoms with Crippen LogP contribution in [0.2, 0.25) is 0 Å². The van der Waals surface area contributed by atoms with E-state index >= 15 is 0 Å². The minimum absolute atomic E-state index is 0.116. The zero-order valence-electron chi connectivity index (χ0n) is 11.1. The number of nitrogens with zero attached hydrogens (tertiary/aromatic N) is 1. The SMILES string of the molecule is N#CCOc1ccccc1CNC1CC2CCC1C2. The first-order valence-electron chi connectivity index (χ1n) is 7.18. The second kappa shape index (κ2) is 5.63. The summed E-state index contributed by atoms with van der Waals surface area (Å²) < 4.78 is 5.46. The summed E-state index contributed by atoms with van der Waals surface area (Å²) in [6, 6.07) is 10.7. The van der Waals surface area contributed by atoms with Crippen LogP contribution in [-0.4, -0.2) is 12.6 Å². The normalized spacial score (nSPS) is 28.3. The van der Waals surface area contributed by atoms with Crippen molar-refractivity contribution in [1.29, 1.82) is 5.26 Å². The third-order valence-corrected chi connectivity index (χ3v) is 4.56. The van der Waals surface area contributed by atoms with Crippen LogP contribution in [0, 0.1) is 23.2 Å². The lowest BCUT2D eigenvalue weighted by Gasteiger charge is -2.23. The van der Waals surface area contributed by atoms with Crippen LogP contribution < -0.4 is 10.1 Å². The van der Waals surface area contributed by atoms with E-state index in [0.717, 1.165) is 29.7 Å². The summed E-state index contributed by atoms with van der Waals surface area (Å²) in [5.41, 5.74) is 1.15. The number of fused-ring (bicyclic) bond motifs is 2. The number of ether oxygens (including phenoxy) is 1. The summed E-state index contributed by atoms with van der Waals surface area (Å²) in [7, 11) is 0. The van der Waals surface area contributed by atoms with Gasteiger partial charge in [0.2, 0.25) is 0 Å². The van der Waals surface area contributed by atoms with Gasteiger partial charge in [-0.3, -0.25) is 0 Å². The van der Waals surface area contributed by atoms with E-state index in [1.807, 2.05) is 24.3 Å². The standard InChI is InChI=1S/C16H20N2O/c17-7-8-19-16-4-2-1-3-14(16)11-18-15-10-12-5-6-13(15)9-12/h1-4,12-13,15,18H,5-6,8-11H2. The predicted octanol–water partition coefficient (Wildman–Crippen LogP) is 2.87. The summed E-state index contributed by atoms with van der Waals surface area (Å²) in [5.74, 6) is 2.68. The van der Waals surface area contributed by atoms with E-state index in [2.05, 4.69) is 11.4 Å². The Morgan fingerprint density at radius 2 is 2.16 bits per heavy atom. The van der Waals surface area contributed by atoms with Crippen LogP contribution in [0.4, 0.5) is 0 Å². The molecule has 2 aliphatic carbocycles. The molecule has 19 heavy (non-hydrogen) atoms. The van der Waals surface area contributed by atoms with Gasteiger partial charge in [-0.2, -0.15) is 5.26 Å². The van der Waals surface area contributed by atoms with Crippen molar-refractivity contribution in [3.8, 4) is 11.8 Å². The van der Waals surface area contributed by atoms with Gasteiger partial charge in [0.25, 0.3) is 0 Å². The molecule has 0 saturated heterocycles. The molecule has 3 nitrogen and oxygen atoms in total. The minimum Gasteiger partial charge on any atom is -0.478 e. The first kappa shape index (κ1) is 12.5. The van der Waals surface area contributed by atoms with Gasteiger partial charge in [-0.05, 0) is 37.2 Å². The fraction of sp³-hybridized carbons (Fsp3) is 0.562. The van der Waals surface area contributed by atoms with Crippen LogP contribution in [0.5, 0.6) is 5.75 Å². The fourth-order valence-corrected chi connectivity index (χ4v) is 3.64. The molecule has 0 spiro atoms. The van der Waals surface area contributed by atoms with Gasteiger partial charge in [0.15, 0.2) is 6.61 Å². The van der Waals surface area contributed by atoms with E-state index in [4.69, 9.17) is 10.00 Å². The highest BCUT2D eigenvalue weighted by Gasteiger charge is 2.38. The van der Waals surface area contributed by atoms with Crippen molar-refractivity contribution in [2.45, 2.75) is 38.3 Å². The number of nitrogens with one attached hydrogen (secondary N) is 1. The summed E-state index contributed by atoms with van der Waals surface area (Å²) in [4.78, 5) is 0. The molecule has 0 aromatic heterocycles. The molecular formula is C16H20N2O. The number of hydrogen-bond acceptors (Lipinski definition) is 3. The van der Waals surface area contributed by atoms with Crippen LogP contribution >= 0.6 is 0 Å². The Morgan fingerprint density at radius 1 is 1.26 bits per heavy atom. The second-order valence-electron chi connectivity index (χ2n) is 5.72. The topological polar surface area (TPSA) is 45.0 Å². The second-order valence-corrected chi connectivity index (χ2v) is 5.72. The molecule has 2 fully saturated rings. The molecule has 3 unspecified atom stereocenters. The van der Waals surface area contributed by atoms with E-state index < -0.39 is 0 Å². The Kier molecular flexibility index (Phi) is 3.70. The highest BCUT2D eigenvalue weighted by Crippen LogP contribution is 2.44. The van der Waals surface area contributed by atoms with Gasteiger partial charge in [0.1, 0.15) is 11.8 Å². The molecule has 0 heterocycles. The molecule has 100 valence electrons. The Balaban J connectivity index is 1.59. The Morgan fingerprint density at radius 3 is 2.89 bits per heavy atom. The average Bonchev–Trinajstić information content (AvgIpc) is 3.06. The molecule has 3 heteroatoms. The molecule has 0 radical (unpaired) electrons. The van der Waals surface area contributed by atoms with Crippen LogP contribution in [-0.2, 0) is 6.54 Å². The lowest BCUT2D eigenvalue weighted by Crippen LogP contribution is -2.33. The summed E-state index contributed by atoms with van der Waals surface area (Å²) in [6.07, 6.45) is 5.59. The molecule has 2 saturated carbocycles. The maximum absolute atomic E-state index is 8.60. The van der Waals surface area contributed by atoms with Crippen molar-refractivity contribution in [1.82, 2.24) is 5.32 Å². The molecule has 1 aromatic rings. The molecule has 1 aromatic carbocycles. The van der Waals surface area contributed by atoms with Crippen molar-refractivity contribution in [3.05, 3.63) is 29.8 Å². The summed E-state index contributed by atoms with van der Waals surface area (Å²) >= 11 is 0. The quantitative estimate of drug-likeness (QED) is 0.881. The van der Waals surface area contributed by atoms with Crippen molar-refractivity contribution >= 4 is 0 Å². The highest BCUT2D eigenvalue weighted by molar-refractivity contribution is 5.33. The number of hydrogen-bond donors (Lipinski definition) is 1. The monoisotopic (exact) mass is 256 g/mol. The number of para-hydroxylation sites is 1. The van der Waals surface area contributed by atoms with Crippen molar-refractivity contribution in [2.75, 3.05) is 6.61 Å². The van der Waals surface area contributed by atoms with Gasteiger partial charge in [0.05, 0.1) is 0 Å². The minimum atomic E-state index is 0.116. The summed E-state index contributed by atoms with van der Waals surface area (Å²) in [5, 5.41) is 12.3. The largest absolute Gasteiger partial charge is 0.478 e. The van der Waals surface area contributed by atoms with Crippen LogP contribution in [0.1, 0.15) is 31.2 Å². The predicted molar refractivity (Wildman–Crippen MR) is 73.6 cm³/mol. The van der Waals surface area contributed by atoms with E-state index in [9.17, 15) is 0 Å². The first-order chi connectivity index (χ1) is 9.36. The third-order valence-electron chi connectivity index (χ3n) is 4.56. The fourth-order valence-electron chi connectivity index (χ4n) is 3.64. The first-order valence-corrected chi connectivity index (χ1v) is 7.18. The smallest absolute Gasteiger partial charge is 0.174 e. The van der Waals surface area contributed by atoms with Gasteiger partial charge in [-0.1, -0.05) is 24.6 Å². The van der Waals surface area contributed by atoms with Gasteiger partial charge < -0.3 is 10.1 Å². The molecule has 0 amide bonds. The maximum Gasteiger partial charge on any atom is 0.174 e. The Labute approximate surface area is 114 Å². The lowest BCUT2D eigenvalue weighted by atomic mass is 9.95.